The lowest BCUT2D eigenvalue weighted by Gasteiger charge is -2.35. The molecule has 1 fully saturated rings. The molecular formula is C23H28N6O2S. The third-order valence-electron chi connectivity index (χ3n) is 5.56. The van der Waals surface area contributed by atoms with Crippen LogP contribution in [-0.2, 0) is 6.61 Å². The van der Waals surface area contributed by atoms with Gasteiger partial charge in [0.15, 0.2) is 5.13 Å². The smallest absolute Gasteiger partial charge is 0.225 e. The molecule has 0 amide bonds. The van der Waals surface area contributed by atoms with Gasteiger partial charge in [0.1, 0.15) is 11.9 Å². The third kappa shape index (κ3) is 5.71. The highest BCUT2D eigenvalue weighted by atomic mass is 32.1. The Morgan fingerprint density at radius 2 is 2.25 bits per heavy atom. The number of unbranched alkanes of at least 4 members (excludes halogenated alkanes) is 2. The molecule has 32 heavy (non-hydrogen) atoms. The lowest BCUT2D eigenvalue weighted by atomic mass is 9.93. The molecule has 4 heterocycles. The molecule has 1 saturated heterocycles. The number of fused-ring (bicyclic) bond motifs is 1. The van der Waals surface area contributed by atoms with E-state index in [1.54, 1.807) is 12.4 Å². The van der Waals surface area contributed by atoms with E-state index in [-0.39, 0.29) is 12.7 Å². The molecule has 8 nitrogen and oxygen atoms in total. The van der Waals surface area contributed by atoms with Crippen molar-refractivity contribution in [2.24, 2.45) is 0 Å². The molecule has 0 bridgehead atoms. The molecule has 3 atom stereocenters. The summed E-state index contributed by atoms with van der Waals surface area (Å²) in [7, 11) is 0. The largest absolute Gasteiger partial charge is 0.474 e. The molecule has 0 saturated carbocycles. The highest BCUT2D eigenvalue weighted by Gasteiger charge is 2.28. The van der Waals surface area contributed by atoms with Crippen molar-refractivity contribution >= 4 is 33.2 Å². The van der Waals surface area contributed by atoms with Gasteiger partial charge in [-0.25, -0.2) is 4.98 Å². The highest BCUT2D eigenvalue weighted by molar-refractivity contribution is 7.15. The fraction of sp³-hybridized carbons (Fsp3) is 0.478. The molecule has 0 spiro atoms. The second kappa shape index (κ2) is 10.7. The molecular weight excluding hydrogens is 424 g/mol. The molecule has 168 valence electrons. The maximum Gasteiger partial charge on any atom is 0.225 e. The van der Waals surface area contributed by atoms with Crippen LogP contribution in [0.4, 0.5) is 10.9 Å². The van der Waals surface area contributed by atoms with E-state index >= 15 is 0 Å². The van der Waals surface area contributed by atoms with Gasteiger partial charge >= 0.3 is 0 Å². The van der Waals surface area contributed by atoms with Crippen LogP contribution in [0.5, 0.6) is 5.88 Å². The number of hydrogen-bond acceptors (Lipinski definition) is 9. The summed E-state index contributed by atoms with van der Waals surface area (Å²) < 4.78 is 6.46. The predicted octanol–water partition coefficient (Wildman–Crippen LogP) is 4.29. The van der Waals surface area contributed by atoms with Crippen molar-refractivity contribution < 1.29 is 9.84 Å². The zero-order valence-electron chi connectivity index (χ0n) is 18.1. The standard InChI is InChI=1S/C23H28N6O2S/c1-15-10-17(11-16(27-15)6-3-2-4-8-24)31-22-19-7-5-9-25-20(19)12-21(28-22)29-23-26-13-18(14-30)32-23/h5,7,9,12-13,15-17,27,30H,2-4,6,10-11,14H2,1H3,(H,26,28,29). The Bertz CT molecular complexity index is 1080. The van der Waals surface area contributed by atoms with Crippen molar-refractivity contribution in [1.29, 1.82) is 5.26 Å². The van der Waals surface area contributed by atoms with E-state index in [0.29, 0.717) is 35.3 Å². The SMILES string of the molecule is CC1CC(Oc2nc(Nc3ncc(CO)s3)cc3ncccc23)CC(CCCCC#N)N1. The van der Waals surface area contributed by atoms with Gasteiger partial charge in [-0.3, -0.25) is 4.98 Å². The summed E-state index contributed by atoms with van der Waals surface area (Å²) in [5.74, 6) is 1.18. The van der Waals surface area contributed by atoms with Gasteiger partial charge in [0.2, 0.25) is 5.88 Å². The number of nitrogens with zero attached hydrogens (tertiary/aromatic N) is 4. The number of hydrogen-bond donors (Lipinski definition) is 3. The van der Waals surface area contributed by atoms with Crippen molar-refractivity contribution in [3.63, 3.8) is 0 Å². The monoisotopic (exact) mass is 452 g/mol. The van der Waals surface area contributed by atoms with E-state index < -0.39 is 0 Å². The molecule has 3 unspecified atom stereocenters. The van der Waals surface area contributed by atoms with Gasteiger partial charge in [0.05, 0.1) is 28.5 Å². The van der Waals surface area contributed by atoms with Crippen LogP contribution < -0.4 is 15.4 Å². The summed E-state index contributed by atoms with van der Waals surface area (Å²) in [4.78, 5) is 14.3. The Morgan fingerprint density at radius 1 is 1.34 bits per heavy atom. The minimum atomic E-state index is -0.0357. The van der Waals surface area contributed by atoms with Gasteiger partial charge < -0.3 is 20.5 Å². The van der Waals surface area contributed by atoms with Gasteiger partial charge in [-0.05, 0) is 44.7 Å². The second-order valence-electron chi connectivity index (χ2n) is 8.18. The highest BCUT2D eigenvalue weighted by Crippen LogP contribution is 2.31. The van der Waals surface area contributed by atoms with E-state index in [4.69, 9.17) is 15.0 Å². The van der Waals surface area contributed by atoms with E-state index in [9.17, 15) is 5.11 Å². The van der Waals surface area contributed by atoms with Crippen LogP contribution in [-0.4, -0.2) is 38.2 Å². The quantitative estimate of drug-likeness (QED) is 0.412. The first-order valence-electron chi connectivity index (χ1n) is 11.0. The van der Waals surface area contributed by atoms with Crippen LogP contribution in [0.1, 0.15) is 50.3 Å². The molecule has 4 rings (SSSR count). The summed E-state index contributed by atoms with van der Waals surface area (Å²) in [5.41, 5.74) is 0.800. The van der Waals surface area contributed by atoms with Crippen molar-refractivity contribution in [3.8, 4) is 11.9 Å². The summed E-state index contributed by atoms with van der Waals surface area (Å²) in [6.45, 7) is 2.15. The lowest BCUT2D eigenvalue weighted by Crippen LogP contribution is -2.47. The first-order chi connectivity index (χ1) is 15.6. The molecule has 0 aliphatic carbocycles. The zero-order chi connectivity index (χ0) is 22.3. The van der Waals surface area contributed by atoms with Crippen LogP contribution in [0, 0.1) is 11.3 Å². The molecule has 3 aromatic rings. The van der Waals surface area contributed by atoms with Gasteiger partial charge in [0, 0.05) is 37.0 Å². The van der Waals surface area contributed by atoms with Crippen molar-refractivity contribution in [3.05, 3.63) is 35.5 Å². The van der Waals surface area contributed by atoms with Crippen molar-refractivity contribution in [1.82, 2.24) is 20.3 Å². The maximum atomic E-state index is 9.29. The number of anilines is 2. The van der Waals surface area contributed by atoms with Gasteiger partial charge in [0.25, 0.3) is 0 Å². The Balaban J connectivity index is 1.51. The zero-order valence-corrected chi connectivity index (χ0v) is 18.9. The summed E-state index contributed by atoms with van der Waals surface area (Å²) in [6, 6.07) is 8.70. The average Bonchev–Trinajstić information content (AvgIpc) is 3.24. The number of aliphatic hydroxyl groups excluding tert-OH is 1. The first kappa shape index (κ1) is 22.4. The van der Waals surface area contributed by atoms with Crippen LogP contribution in [0.15, 0.2) is 30.6 Å². The number of piperidine rings is 1. The molecule has 0 aromatic carbocycles. The molecule has 9 heteroatoms. The van der Waals surface area contributed by atoms with E-state index in [0.717, 1.165) is 47.9 Å². The Kier molecular flexibility index (Phi) is 7.47. The van der Waals surface area contributed by atoms with Crippen molar-refractivity contribution in [2.45, 2.75) is 70.2 Å². The summed E-state index contributed by atoms with van der Waals surface area (Å²) in [5, 5.41) is 26.5. The van der Waals surface area contributed by atoms with Gasteiger partial charge in [-0.15, -0.1) is 0 Å². The number of thiazole rings is 1. The number of nitrogens with one attached hydrogen (secondary N) is 2. The third-order valence-corrected chi connectivity index (χ3v) is 6.46. The van der Waals surface area contributed by atoms with Crippen LogP contribution >= 0.6 is 11.3 Å². The van der Waals surface area contributed by atoms with Crippen LogP contribution in [0.25, 0.3) is 10.9 Å². The van der Waals surface area contributed by atoms with Gasteiger partial charge in [-0.2, -0.15) is 10.2 Å². The van der Waals surface area contributed by atoms with E-state index in [1.807, 2.05) is 18.2 Å². The van der Waals surface area contributed by atoms with Crippen molar-refractivity contribution in [2.75, 3.05) is 5.32 Å². The summed E-state index contributed by atoms with van der Waals surface area (Å²) in [6.07, 6.45) is 8.91. The van der Waals surface area contributed by atoms with Crippen LogP contribution in [0.2, 0.25) is 0 Å². The Hall–Kier alpha value is -2.80. The molecule has 1 aliphatic rings. The minimum absolute atomic E-state index is 0.0357. The maximum absolute atomic E-state index is 9.29. The van der Waals surface area contributed by atoms with E-state index in [1.165, 1.54) is 11.3 Å². The normalized spacial score (nSPS) is 20.7. The fourth-order valence-corrected chi connectivity index (χ4v) is 4.82. The van der Waals surface area contributed by atoms with Crippen LogP contribution in [0.3, 0.4) is 0 Å². The number of pyridine rings is 2. The van der Waals surface area contributed by atoms with E-state index in [2.05, 4.69) is 33.6 Å². The van der Waals surface area contributed by atoms with Gasteiger partial charge in [-0.1, -0.05) is 17.8 Å². The molecule has 3 aromatic heterocycles. The lowest BCUT2D eigenvalue weighted by molar-refractivity contribution is 0.113. The predicted molar refractivity (Wildman–Crippen MR) is 125 cm³/mol. The number of ether oxygens (including phenoxy) is 1. The first-order valence-corrected chi connectivity index (χ1v) is 11.8. The topological polar surface area (TPSA) is 116 Å². The Morgan fingerprint density at radius 3 is 3.06 bits per heavy atom. The Labute approximate surface area is 191 Å². The minimum Gasteiger partial charge on any atom is -0.474 e. The number of aliphatic hydroxyl groups is 1. The molecule has 0 radical (unpaired) electrons. The second-order valence-corrected chi connectivity index (χ2v) is 9.29. The molecule has 3 N–H and O–H groups in total. The number of nitriles is 1. The molecule has 1 aliphatic heterocycles. The number of aromatic nitrogens is 3. The number of rotatable bonds is 9. The average molecular weight is 453 g/mol. The fourth-order valence-electron chi connectivity index (χ4n) is 4.14. The summed E-state index contributed by atoms with van der Waals surface area (Å²) >= 11 is 1.38.